The van der Waals surface area contributed by atoms with E-state index in [1.165, 1.54) is 12.3 Å². The van der Waals surface area contributed by atoms with Gasteiger partial charge in [-0.1, -0.05) is 48.6 Å². The van der Waals surface area contributed by atoms with E-state index in [4.69, 9.17) is 4.74 Å². The van der Waals surface area contributed by atoms with E-state index in [0.29, 0.717) is 18.7 Å². The third kappa shape index (κ3) is 6.25. The number of pyridine rings is 1. The molecular weight excluding hydrogens is 504 g/mol. The average molecular weight is 536 g/mol. The van der Waals surface area contributed by atoms with Gasteiger partial charge in [-0.3, -0.25) is 14.4 Å². The summed E-state index contributed by atoms with van der Waals surface area (Å²) in [4.78, 5) is 40.3. The van der Waals surface area contributed by atoms with Gasteiger partial charge < -0.3 is 19.5 Å². The lowest BCUT2D eigenvalue weighted by atomic mass is 10.0. The molecule has 0 aliphatic carbocycles. The molecule has 2 unspecified atom stereocenters. The molecule has 7 nitrogen and oxygen atoms in total. The van der Waals surface area contributed by atoms with Crippen molar-refractivity contribution in [3.05, 3.63) is 111 Å². The lowest BCUT2D eigenvalue weighted by Gasteiger charge is -2.29. The van der Waals surface area contributed by atoms with Gasteiger partial charge in [-0.15, -0.1) is 0 Å². The van der Waals surface area contributed by atoms with E-state index in [-0.39, 0.29) is 36.1 Å². The normalized spacial score (nSPS) is 17.4. The highest BCUT2D eigenvalue weighted by Crippen LogP contribution is 2.31. The molecule has 1 aromatic heterocycles. The van der Waals surface area contributed by atoms with Crippen LogP contribution in [0.2, 0.25) is 0 Å². The molecule has 1 aliphatic heterocycles. The molecule has 2 atom stereocenters. The number of hydrogen-bond donors (Lipinski definition) is 1. The average Bonchev–Trinajstić information content (AvgIpc) is 3.06. The number of carbonyl (C=O) groups excluding carboxylic acids is 2. The Morgan fingerprint density at radius 2 is 1.95 bits per heavy atom. The number of rotatable bonds is 8. The zero-order valence-corrected chi connectivity index (χ0v) is 22.0. The van der Waals surface area contributed by atoms with E-state index in [1.54, 1.807) is 16.4 Å². The van der Waals surface area contributed by atoms with Gasteiger partial charge in [-0.2, -0.15) is 0 Å². The number of nitrogens with one attached hydrogen (secondary N) is 1. The van der Waals surface area contributed by atoms with Crippen LogP contribution in [0.3, 0.4) is 0 Å². The number of amides is 2. The minimum Gasteiger partial charge on any atom is -0.483 e. The molecule has 1 saturated heterocycles. The molecule has 1 N–H and O–H groups in total. The van der Waals surface area contributed by atoms with Crippen LogP contribution in [0.1, 0.15) is 53.0 Å². The summed E-state index contributed by atoms with van der Waals surface area (Å²) in [7, 11) is 0. The van der Waals surface area contributed by atoms with Crippen LogP contribution in [0.25, 0.3) is 0 Å². The maximum atomic E-state index is 14.1. The van der Waals surface area contributed by atoms with Crippen molar-refractivity contribution in [1.29, 1.82) is 0 Å². The molecule has 39 heavy (non-hydrogen) atoms. The Morgan fingerprint density at radius 3 is 2.64 bits per heavy atom. The van der Waals surface area contributed by atoms with Gasteiger partial charge in [0.25, 0.3) is 5.91 Å². The van der Waals surface area contributed by atoms with Gasteiger partial charge in [0.1, 0.15) is 23.8 Å². The summed E-state index contributed by atoms with van der Waals surface area (Å²) < 4.78 is 35.2. The summed E-state index contributed by atoms with van der Waals surface area (Å²) >= 11 is 0. The molecule has 2 amide bonds. The number of halogens is 2. The highest BCUT2D eigenvalue weighted by Gasteiger charge is 2.29. The molecule has 0 radical (unpaired) electrons. The van der Waals surface area contributed by atoms with Crippen LogP contribution in [0.4, 0.5) is 8.78 Å². The molecule has 0 bridgehead atoms. The molecule has 3 aromatic rings. The van der Waals surface area contributed by atoms with Crippen LogP contribution in [-0.4, -0.2) is 34.4 Å². The van der Waals surface area contributed by atoms with E-state index in [1.807, 2.05) is 37.3 Å². The molecule has 2 aromatic carbocycles. The molecular formula is C30H31F2N3O4. The van der Waals surface area contributed by atoms with Crippen LogP contribution in [0.5, 0.6) is 5.75 Å². The summed E-state index contributed by atoms with van der Waals surface area (Å²) in [5, 5.41) is 2.56. The number of likely N-dealkylation sites (tertiary alicyclic amines) is 1. The Kier molecular flexibility index (Phi) is 8.59. The number of benzene rings is 2. The van der Waals surface area contributed by atoms with Crippen LogP contribution in [0.15, 0.2) is 71.7 Å². The fourth-order valence-electron chi connectivity index (χ4n) is 4.69. The minimum absolute atomic E-state index is 0.00205. The third-order valence-corrected chi connectivity index (χ3v) is 7.14. The van der Waals surface area contributed by atoms with Crippen LogP contribution in [-0.2, 0) is 17.9 Å². The Labute approximate surface area is 225 Å². The maximum Gasteiger partial charge on any atom is 0.257 e. The number of aromatic nitrogens is 1. The first-order valence-electron chi connectivity index (χ1n) is 12.7. The Hall–Kier alpha value is -4.27. The van der Waals surface area contributed by atoms with Gasteiger partial charge in [0.15, 0.2) is 5.75 Å². The van der Waals surface area contributed by atoms with Crippen molar-refractivity contribution in [2.75, 3.05) is 6.54 Å². The lowest BCUT2D eigenvalue weighted by Crippen LogP contribution is -2.36. The molecule has 4 rings (SSSR count). The summed E-state index contributed by atoms with van der Waals surface area (Å²) in [6.45, 7) is 8.09. The Balaban J connectivity index is 1.73. The standard InChI is InChI=1S/C30H31F2N3O4/c1-19-9-10-20(2)34(18-36)16-27(19)35-15-25(30(38)33-14-23-11-12-24(31)13-26(23)32)28(37)29(21(35)3)39-17-22-7-5-4-6-8-22/h4-8,11-13,15,18,20,27H,1,9-10,14,16-17H2,2-3H3,(H,33,38). The Bertz CT molecular complexity index is 1440. The fourth-order valence-corrected chi connectivity index (χ4v) is 4.69. The van der Waals surface area contributed by atoms with Crippen LogP contribution >= 0.6 is 0 Å². The minimum atomic E-state index is -0.804. The number of ether oxygens (including phenoxy) is 1. The van der Waals surface area contributed by atoms with E-state index in [9.17, 15) is 23.2 Å². The molecule has 9 heteroatoms. The van der Waals surface area contributed by atoms with E-state index < -0.39 is 29.0 Å². The predicted octanol–water partition coefficient (Wildman–Crippen LogP) is 4.68. The summed E-state index contributed by atoms with van der Waals surface area (Å²) in [6, 6.07) is 12.0. The number of carbonyl (C=O) groups is 2. The number of nitrogens with zero attached hydrogens (tertiary/aromatic N) is 2. The first kappa shape index (κ1) is 27.8. The molecule has 0 saturated carbocycles. The largest absolute Gasteiger partial charge is 0.483 e. The number of hydrogen-bond acceptors (Lipinski definition) is 4. The molecule has 1 aliphatic rings. The fraction of sp³-hybridized carbons (Fsp3) is 0.300. The molecule has 1 fully saturated rings. The van der Waals surface area contributed by atoms with Crippen molar-refractivity contribution in [2.45, 2.75) is 51.9 Å². The summed E-state index contributed by atoms with van der Waals surface area (Å²) in [6.07, 6.45) is 3.64. The van der Waals surface area contributed by atoms with E-state index in [0.717, 1.165) is 36.1 Å². The smallest absolute Gasteiger partial charge is 0.257 e. The van der Waals surface area contributed by atoms with Gasteiger partial charge >= 0.3 is 0 Å². The van der Waals surface area contributed by atoms with E-state index >= 15 is 0 Å². The zero-order valence-electron chi connectivity index (χ0n) is 22.0. The Morgan fingerprint density at radius 1 is 1.21 bits per heavy atom. The SMILES string of the molecule is C=C1CCC(C)N(C=O)CC1n1cc(C(=O)NCc2ccc(F)cc2F)c(=O)c(OCc2ccccc2)c1C. The summed E-state index contributed by atoms with van der Waals surface area (Å²) in [5.74, 6) is -2.27. The topological polar surface area (TPSA) is 80.6 Å². The molecule has 2 heterocycles. The van der Waals surface area contributed by atoms with Crippen molar-refractivity contribution in [3.8, 4) is 5.75 Å². The first-order valence-corrected chi connectivity index (χ1v) is 12.7. The molecule has 204 valence electrons. The molecule has 0 spiro atoms. The lowest BCUT2D eigenvalue weighted by molar-refractivity contribution is -0.120. The summed E-state index contributed by atoms with van der Waals surface area (Å²) in [5.41, 5.74) is 1.44. The van der Waals surface area contributed by atoms with Crippen LogP contribution in [0, 0.1) is 18.6 Å². The van der Waals surface area contributed by atoms with Crippen LogP contribution < -0.4 is 15.5 Å². The van der Waals surface area contributed by atoms with E-state index in [2.05, 4.69) is 11.9 Å². The first-order chi connectivity index (χ1) is 18.7. The second-order valence-corrected chi connectivity index (χ2v) is 9.75. The maximum absolute atomic E-state index is 14.1. The van der Waals surface area contributed by atoms with Gasteiger partial charge in [-0.05, 0) is 38.3 Å². The van der Waals surface area contributed by atoms with Gasteiger partial charge in [-0.25, -0.2) is 8.78 Å². The third-order valence-electron chi connectivity index (χ3n) is 7.14. The van der Waals surface area contributed by atoms with Crippen molar-refractivity contribution < 1.29 is 23.1 Å². The zero-order chi connectivity index (χ0) is 28.1. The van der Waals surface area contributed by atoms with Crippen molar-refractivity contribution >= 4 is 12.3 Å². The quantitative estimate of drug-likeness (QED) is 0.336. The highest BCUT2D eigenvalue weighted by atomic mass is 19.1. The predicted molar refractivity (Wildman–Crippen MR) is 143 cm³/mol. The van der Waals surface area contributed by atoms with Crippen molar-refractivity contribution in [2.24, 2.45) is 0 Å². The van der Waals surface area contributed by atoms with Crippen molar-refractivity contribution in [3.63, 3.8) is 0 Å². The second-order valence-electron chi connectivity index (χ2n) is 9.75. The van der Waals surface area contributed by atoms with Crippen molar-refractivity contribution in [1.82, 2.24) is 14.8 Å². The van der Waals surface area contributed by atoms with Gasteiger partial charge in [0.2, 0.25) is 11.8 Å². The van der Waals surface area contributed by atoms with Gasteiger partial charge in [0, 0.05) is 37.0 Å². The monoisotopic (exact) mass is 535 g/mol. The van der Waals surface area contributed by atoms with Gasteiger partial charge in [0.05, 0.1) is 11.7 Å². The highest BCUT2D eigenvalue weighted by molar-refractivity contribution is 5.94. The second kappa shape index (κ2) is 12.1.